The van der Waals surface area contributed by atoms with Crippen molar-refractivity contribution in [1.82, 2.24) is 15.5 Å². The Morgan fingerprint density at radius 3 is 2.22 bits per heavy atom. The molecule has 2 unspecified atom stereocenters. The number of nitrogens with one attached hydrogen (secondary N) is 2. The van der Waals surface area contributed by atoms with Crippen LogP contribution in [0, 0.1) is 26.3 Å². The second-order valence-corrected chi connectivity index (χ2v) is 10.7. The van der Waals surface area contributed by atoms with Crippen LogP contribution in [0.4, 0.5) is 4.79 Å². The normalized spacial score (nSPS) is 12.6. The summed E-state index contributed by atoms with van der Waals surface area (Å²) in [6.07, 6.45) is 7.39. The van der Waals surface area contributed by atoms with Crippen molar-refractivity contribution in [2.45, 2.75) is 65.3 Å². The molecule has 3 amide bonds. The average molecular weight is 524 g/mol. The first-order valence-electron chi connectivity index (χ1n) is 12.1. The van der Waals surface area contributed by atoms with Gasteiger partial charge in [0.05, 0.1) is 0 Å². The minimum atomic E-state index is -1.08. The highest BCUT2D eigenvalue weighted by atomic mass is 32.2. The molecule has 0 saturated carbocycles. The second-order valence-electron chi connectivity index (χ2n) is 9.73. The van der Waals surface area contributed by atoms with E-state index >= 15 is 0 Å². The van der Waals surface area contributed by atoms with E-state index in [0.29, 0.717) is 17.7 Å². The van der Waals surface area contributed by atoms with E-state index in [1.165, 1.54) is 11.8 Å². The molecule has 198 valence electrons. The molecule has 7 nitrogen and oxygen atoms in total. The van der Waals surface area contributed by atoms with Gasteiger partial charge in [-0.1, -0.05) is 55.0 Å². The molecule has 0 bridgehead atoms. The van der Waals surface area contributed by atoms with Gasteiger partial charge in [-0.05, 0) is 75.3 Å². The number of carbonyl (C=O) groups is 3. The highest BCUT2D eigenvalue weighted by molar-refractivity contribution is 7.98. The molecule has 0 aliphatic rings. The number of hydrogen-bond donors (Lipinski definition) is 2. The molecule has 37 heavy (non-hydrogen) atoms. The van der Waals surface area contributed by atoms with Crippen LogP contribution in [0.3, 0.4) is 0 Å². The minimum Gasteiger partial charge on any atom is -0.444 e. The van der Waals surface area contributed by atoms with Gasteiger partial charge >= 0.3 is 6.09 Å². The van der Waals surface area contributed by atoms with Gasteiger partial charge in [-0.15, -0.1) is 0 Å². The number of benzene rings is 2. The molecule has 0 saturated heterocycles. The van der Waals surface area contributed by atoms with Gasteiger partial charge in [0.25, 0.3) is 5.91 Å². The zero-order chi connectivity index (χ0) is 27.6. The lowest BCUT2D eigenvalue weighted by Crippen LogP contribution is -2.51. The van der Waals surface area contributed by atoms with Crippen LogP contribution in [0.2, 0.25) is 0 Å². The van der Waals surface area contributed by atoms with Crippen LogP contribution in [0.15, 0.2) is 48.5 Å². The quantitative estimate of drug-likeness (QED) is 0.347. The van der Waals surface area contributed by atoms with E-state index in [9.17, 15) is 14.4 Å². The second kappa shape index (κ2) is 13.8. The number of nitrogens with zero attached hydrogens (tertiary/aromatic N) is 1. The zero-order valence-electron chi connectivity index (χ0n) is 22.5. The van der Waals surface area contributed by atoms with E-state index in [1.807, 2.05) is 68.6 Å². The van der Waals surface area contributed by atoms with Gasteiger partial charge in [0.1, 0.15) is 17.7 Å². The summed E-state index contributed by atoms with van der Waals surface area (Å²) in [5.41, 5.74) is 2.49. The molecule has 2 atom stereocenters. The third-order valence-electron chi connectivity index (χ3n) is 5.61. The summed E-state index contributed by atoms with van der Waals surface area (Å²) in [6.45, 7) is 9.26. The Kier molecular flexibility index (Phi) is 11.1. The SMILES string of the molecule is C#CN(C(=O)C(CCSC)NC(=O)OC(C)(C)C)C(C(=O)NCc1ccccc1)c1c(C)cccc1C. The van der Waals surface area contributed by atoms with Gasteiger partial charge in [0.15, 0.2) is 0 Å². The summed E-state index contributed by atoms with van der Waals surface area (Å²) in [4.78, 5) is 41.1. The average Bonchev–Trinajstić information content (AvgIpc) is 2.83. The number of amides is 3. The fourth-order valence-corrected chi connectivity index (χ4v) is 4.37. The lowest BCUT2D eigenvalue weighted by molar-refractivity contribution is -0.138. The van der Waals surface area contributed by atoms with E-state index in [4.69, 9.17) is 11.2 Å². The van der Waals surface area contributed by atoms with Crippen LogP contribution in [-0.4, -0.2) is 46.5 Å². The fraction of sp³-hybridized carbons (Fsp3) is 0.414. The number of alkyl carbamates (subject to hydrolysis) is 1. The number of carbonyl (C=O) groups excluding carboxylic acids is 3. The fourth-order valence-electron chi connectivity index (χ4n) is 3.89. The van der Waals surface area contributed by atoms with Gasteiger partial charge in [-0.25, -0.2) is 4.79 Å². The molecule has 2 rings (SSSR count). The molecule has 2 aromatic rings. The predicted molar refractivity (Wildman–Crippen MR) is 149 cm³/mol. The first-order valence-corrected chi connectivity index (χ1v) is 13.5. The van der Waals surface area contributed by atoms with Crippen LogP contribution in [0.5, 0.6) is 0 Å². The summed E-state index contributed by atoms with van der Waals surface area (Å²) in [7, 11) is 0. The molecule has 2 aromatic carbocycles. The first-order chi connectivity index (χ1) is 17.5. The maximum absolute atomic E-state index is 13.8. The summed E-state index contributed by atoms with van der Waals surface area (Å²) >= 11 is 1.53. The summed E-state index contributed by atoms with van der Waals surface area (Å²) in [5, 5.41) is 5.59. The van der Waals surface area contributed by atoms with Crippen LogP contribution in [-0.2, 0) is 20.9 Å². The number of ether oxygens (including phenoxy) is 1. The van der Waals surface area contributed by atoms with Crippen molar-refractivity contribution in [2.24, 2.45) is 0 Å². The van der Waals surface area contributed by atoms with E-state index in [0.717, 1.165) is 21.6 Å². The van der Waals surface area contributed by atoms with Crippen molar-refractivity contribution in [1.29, 1.82) is 0 Å². The maximum atomic E-state index is 13.8. The molecule has 0 aliphatic carbocycles. The molecular weight excluding hydrogens is 486 g/mol. The molecule has 0 aliphatic heterocycles. The third kappa shape index (κ3) is 8.87. The van der Waals surface area contributed by atoms with Crippen LogP contribution in [0.1, 0.15) is 55.5 Å². The molecule has 0 heterocycles. The number of hydrogen-bond acceptors (Lipinski definition) is 5. The summed E-state index contributed by atoms with van der Waals surface area (Å²) in [5.74, 6) is -0.364. The summed E-state index contributed by atoms with van der Waals surface area (Å²) < 4.78 is 5.37. The van der Waals surface area contributed by atoms with Gasteiger partial charge in [-0.2, -0.15) is 11.8 Å². The number of thioether (sulfide) groups is 1. The van der Waals surface area contributed by atoms with Crippen molar-refractivity contribution < 1.29 is 19.1 Å². The zero-order valence-corrected chi connectivity index (χ0v) is 23.3. The van der Waals surface area contributed by atoms with Crippen LogP contribution in [0.25, 0.3) is 0 Å². The monoisotopic (exact) mass is 523 g/mol. The Bertz CT molecular complexity index is 1100. The predicted octanol–water partition coefficient (Wildman–Crippen LogP) is 4.73. The van der Waals surface area contributed by atoms with Crippen molar-refractivity contribution in [3.63, 3.8) is 0 Å². The van der Waals surface area contributed by atoms with Crippen molar-refractivity contribution in [2.75, 3.05) is 12.0 Å². The Balaban J connectivity index is 2.44. The third-order valence-corrected chi connectivity index (χ3v) is 6.25. The molecule has 0 radical (unpaired) electrons. The molecule has 8 heteroatoms. The van der Waals surface area contributed by atoms with Crippen LogP contribution < -0.4 is 10.6 Å². The van der Waals surface area contributed by atoms with E-state index < -0.39 is 35.6 Å². The lowest BCUT2D eigenvalue weighted by Gasteiger charge is -2.32. The van der Waals surface area contributed by atoms with Gasteiger partial charge in [0, 0.05) is 12.6 Å². The Morgan fingerprint density at radius 1 is 1.05 bits per heavy atom. The lowest BCUT2D eigenvalue weighted by atomic mass is 9.93. The summed E-state index contributed by atoms with van der Waals surface area (Å²) in [6, 6.07) is 15.5. The minimum absolute atomic E-state index is 0.278. The van der Waals surface area contributed by atoms with E-state index in [-0.39, 0.29) is 6.54 Å². The Hall–Kier alpha value is -3.44. The Labute approximate surface area is 224 Å². The molecule has 0 spiro atoms. The van der Waals surface area contributed by atoms with Crippen molar-refractivity contribution in [3.8, 4) is 12.5 Å². The van der Waals surface area contributed by atoms with Crippen LogP contribution >= 0.6 is 11.8 Å². The van der Waals surface area contributed by atoms with Crippen molar-refractivity contribution >= 4 is 29.7 Å². The van der Waals surface area contributed by atoms with Gasteiger partial charge in [-0.3, -0.25) is 14.5 Å². The standard InChI is InChI=1S/C29H37N3O4S/c1-8-32(27(34)23(17-18-37-7)31-28(35)36-29(4,5)6)25(24-20(2)13-12-14-21(24)3)26(33)30-19-22-15-10-9-11-16-22/h1,9-16,23,25H,17-19H2,2-7H3,(H,30,33)(H,31,35). The maximum Gasteiger partial charge on any atom is 0.408 e. The van der Waals surface area contributed by atoms with Gasteiger partial charge in [0.2, 0.25) is 5.91 Å². The molecule has 0 fully saturated rings. The van der Waals surface area contributed by atoms with Gasteiger partial charge < -0.3 is 15.4 Å². The highest BCUT2D eigenvalue weighted by Gasteiger charge is 2.37. The highest BCUT2D eigenvalue weighted by Crippen LogP contribution is 2.28. The smallest absolute Gasteiger partial charge is 0.408 e. The largest absolute Gasteiger partial charge is 0.444 e. The topological polar surface area (TPSA) is 87.7 Å². The number of rotatable bonds is 10. The first kappa shape index (κ1) is 29.8. The molecule has 2 N–H and O–H groups in total. The molecule has 0 aromatic heterocycles. The number of terminal acetylenes is 1. The Morgan fingerprint density at radius 2 is 1.68 bits per heavy atom. The van der Waals surface area contributed by atoms with E-state index in [2.05, 4.69) is 16.7 Å². The number of aryl methyl sites for hydroxylation is 2. The molecular formula is C29H37N3O4S. The van der Waals surface area contributed by atoms with Crippen molar-refractivity contribution in [3.05, 3.63) is 70.8 Å². The van der Waals surface area contributed by atoms with E-state index in [1.54, 1.807) is 20.8 Å².